The zero-order chi connectivity index (χ0) is 17.9. The van der Waals surface area contributed by atoms with Crippen LogP contribution in [0, 0.1) is 0 Å². The zero-order valence-electron chi connectivity index (χ0n) is 12.9. The number of anilines is 1. The molecule has 0 spiro atoms. The Balaban J connectivity index is 2.21. The molecule has 130 valence electrons. The van der Waals surface area contributed by atoms with Crippen LogP contribution in [0.15, 0.2) is 29.2 Å². The summed E-state index contributed by atoms with van der Waals surface area (Å²) in [5.41, 5.74) is -1.30. The van der Waals surface area contributed by atoms with E-state index in [1.165, 1.54) is 37.1 Å². The maximum absolute atomic E-state index is 12.6. The Bertz CT molecular complexity index is 795. The Labute approximate surface area is 134 Å². The predicted molar refractivity (Wildman–Crippen MR) is 78.7 cm³/mol. The van der Waals surface area contributed by atoms with Crippen LogP contribution >= 0.6 is 0 Å². The number of methoxy groups -OCH3 is 1. The third-order valence-corrected chi connectivity index (χ3v) is 3.19. The third kappa shape index (κ3) is 4.02. The van der Waals surface area contributed by atoms with E-state index in [0.717, 1.165) is 10.7 Å². The molecule has 1 N–H and O–H groups in total. The molecule has 7 nitrogen and oxygen atoms in total. The van der Waals surface area contributed by atoms with Gasteiger partial charge in [0, 0.05) is 39.0 Å². The highest BCUT2D eigenvalue weighted by Crippen LogP contribution is 2.29. The first-order chi connectivity index (χ1) is 11.2. The number of aryl methyl sites for hydroxylation is 1. The van der Waals surface area contributed by atoms with Crippen molar-refractivity contribution in [3.05, 3.63) is 46.0 Å². The molecule has 10 heteroatoms. The molecule has 2 aromatic heterocycles. The van der Waals surface area contributed by atoms with Gasteiger partial charge in [-0.25, -0.2) is 0 Å². The summed E-state index contributed by atoms with van der Waals surface area (Å²) in [7, 11) is 2.76. The Hall–Kier alpha value is -2.62. The summed E-state index contributed by atoms with van der Waals surface area (Å²) in [4.78, 5) is 23.8. The molecule has 0 unspecified atom stereocenters. The van der Waals surface area contributed by atoms with E-state index < -0.39 is 17.8 Å². The molecule has 2 aromatic rings. The number of rotatable bonds is 5. The lowest BCUT2D eigenvalue weighted by Crippen LogP contribution is -2.24. The van der Waals surface area contributed by atoms with Crippen LogP contribution in [0.4, 0.5) is 19.0 Å². The number of halogens is 3. The van der Waals surface area contributed by atoms with Crippen molar-refractivity contribution in [2.24, 2.45) is 7.05 Å². The number of alkyl halides is 3. The number of nitrogens with one attached hydrogen (secondary N) is 1. The second-order valence-electron chi connectivity index (χ2n) is 4.93. The van der Waals surface area contributed by atoms with Gasteiger partial charge in [0.05, 0.1) is 12.2 Å². The number of nitrogens with zero attached hydrogens (tertiary/aromatic N) is 3. The van der Waals surface area contributed by atoms with Crippen molar-refractivity contribution in [1.29, 1.82) is 0 Å². The van der Waals surface area contributed by atoms with Gasteiger partial charge in [-0.2, -0.15) is 18.3 Å². The van der Waals surface area contributed by atoms with Gasteiger partial charge in [-0.05, 0) is 6.07 Å². The van der Waals surface area contributed by atoms with E-state index >= 15 is 0 Å². The van der Waals surface area contributed by atoms with Gasteiger partial charge < -0.3 is 14.6 Å². The largest absolute Gasteiger partial charge is 0.435 e. The number of carbonyl (C=O) groups is 1. The first-order valence-corrected chi connectivity index (χ1v) is 6.84. The van der Waals surface area contributed by atoms with Gasteiger partial charge in [-0.1, -0.05) is 0 Å². The lowest BCUT2D eigenvalue weighted by molar-refractivity contribution is -0.141. The first-order valence-electron chi connectivity index (χ1n) is 6.84. The fourth-order valence-electron chi connectivity index (χ4n) is 1.94. The van der Waals surface area contributed by atoms with Crippen molar-refractivity contribution in [1.82, 2.24) is 14.3 Å². The second kappa shape index (κ2) is 6.87. The Kier molecular flexibility index (Phi) is 5.07. The molecule has 0 bridgehead atoms. The fraction of sp³-hybridized carbons (Fsp3) is 0.357. The highest BCUT2D eigenvalue weighted by molar-refractivity contribution is 6.03. The SMILES string of the molecule is COCCn1cc(C(=O)Nc2cc(C(F)(F)F)nn2C)ccc1=O. The number of hydrogen-bond acceptors (Lipinski definition) is 4. The average molecular weight is 344 g/mol. The molecular formula is C14H15F3N4O3. The van der Waals surface area contributed by atoms with Crippen molar-refractivity contribution in [2.75, 3.05) is 19.0 Å². The minimum absolute atomic E-state index is 0.109. The molecule has 0 atom stereocenters. The number of hydrogen-bond donors (Lipinski definition) is 1. The molecule has 0 aliphatic carbocycles. The predicted octanol–water partition coefficient (Wildman–Crippen LogP) is 1.50. The van der Waals surface area contributed by atoms with E-state index in [2.05, 4.69) is 10.4 Å². The van der Waals surface area contributed by atoms with Crippen LogP contribution < -0.4 is 10.9 Å². The number of aromatic nitrogens is 3. The van der Waals surface area contributed by atoms with Crippen molar-refractivity contribution in [3.63, 3.8) is 0 Å². The van der Waals surface area contributed by atoms with Gasteiger partial charge in [0.15, 0.2) is 5.69 Å². The molecule has 2 rings (SSSR count). The average Bonchev–Trinajstić information content (AvgIpc) is 2.87. The zero-order valence-corrected chi connectivity index (χ0v) is 12.9. The van der Waals surface area contributed by atoms with Gasteiger partial charge in [-0.15, -0.1) is 0 Å². The summed E-state index contributed by atoms with van der Waals surface area (Å²) in [5, 5.41) is 5.64. The molecule has 0 saturated carbocycles. The van der Waals surface area contributed by atoms with Gasteiger partial charge >= 0.3 is 6.18 Å². The molecule has 0 fully saturated rings. The number of amides is 1. The fourth-order valence-corrected chi connectivity index (χ4v) is 1.94. The minimum atomic E-state index is -4.60. The lowest BCUT2D eigenvalue weighted by atomic mass is 10.2. The Morgan fingerprint density at radius 3 is 2.67 bits per heavy atom. The van der Waals surface area contributed by atoms with Gasteiger partial charge in [0.2, 0.25) is 0 Å². The number of ether oxygens (including phenoxy) is 1. The smallest absolute Gasteiger partial charge is 0.383 e. The number of carbonyl (C=O) groups excluding carboxylic acids is 1. The van der Waals surface area contributed by atoms with Gasteiger partial charge in [-0.3, -0.25) is 14.3 Å². The summed E-state index contributed by atoms with van der Waals surface area (Å²) in [6.45, 7) is 0.530. The van der Waals surface area contributed by atoms with Crippen molar-refractivity contribution in [3.8, 4) is 0 Å². The van der Waals surface area contributed by atoms with Crippen LogP contribution in [0.1, 0.15) is 16.1 Å². The molecule has 0 aromatic carbocycles. The van der Waals surface area contributed by atoms with Crippen LogP contribution in [-0.2, 0) is 24.5 Å². The molecule has 0 saturated heterocycles. The maximum Gasteiger partial charge on any atom is 0.435 e. The van der Waals surface area contributed by atoms with E-state index in [9.17, 15) is 22.8 Å². The van der Waals surface area contributed by atoms with Crippen LogP contribution in [0.3, 0.4) is 0 Å². The molecule has 0 aliphatic rings. The highest BCUT2D eigenvalue weighted by atomic mass is 19.4. The summed E-state index contributed by atoms with van der Waals surface area (Å²) in [5.74, 6) is -0.764. The van der Waals surface area contributed by atoms with Crippen molar-refractivity contribution >= 4 is 11.7 Å². The molecule has 0 aliphatic heterocycles. The standard InChI is InChI=1S/C14H15F3N4O3/c1-20-11(7-10(19-20)14(15,16)17)18-13(23)9-3-4-12(22)21(8-9)5-6-24-2/h3-4,7-8H,5-6H2,1-2H3,(H,18,23). The van der Waals surface area contributed by atoms with Gasteiger partial charge in [0.25, 0.3) is 11.5 Å². The van der Waals surface area contributed by atoms with E-state index in [4.69, 9.17) is 4.74 Å². The molecule has 0 radical (unpaired) electrons. The first kappa shape index (κ1) is 17.7. The summed E-state index contributed by atoms with van der Waals surface area (Å²) < 4.78 is 44.9. The van der Waals surface area contributed by atoms with Crippen molar-refractivity contribution < 1.29 is 22.7 Å². The van der Waals surface area contributed by atoms with Crippen LogP contribution in [-0.4, -0.2) is 34.0 Å². The van der Waals surface area contributed by atoms with Crippen molar-refractivity contribution in [2.45, 2.75) is 12.7 Å². The summed E-state index contributed by atoms with van der Waals surface area (Å²) in [6.07, 6.45) is -3.29. The third-order valence-electron chi connectivity index (χ3n) is 3.19. The minimum Gasteiger partial charge on any atom is -0.383 e. The summed E-state index contributed by atoms with van der Waals surface area (Å²) in [6, 6.07) is 3.23. The Morgan fingerprint density at radius 1 is 1.38 bits per heavy atom. The maximum atomic E-state index is 12.6. The monoisotopic (exact) mass is 344 g/mol. The molecule has 24 heavy (non-hydrogen) atoms. The molecule has 2 heterocycles. The summed E-state index contributed by atoms with van der Waals surface area (Å²) >= 11 is 0. The molecular weight excluding hydrogens is 329 g/mol. The number of pyridine rings is 1. The highest BCUT2D eigenvalue weighted by Gasteiger charge is 2.34. The normalized spacial score (nSPS) is 11.5. The quantitative estimate of drug-likeness (QED) is 0.892. The van der Waals surface area contributed by atoms with Gasteiger partial charge in [0.1, 0.15) is 5.82 Å². The molecule has 1 amide bonds. The van der Waals surface area contributed by atoms with Crippen LogP contribution in [0.5, 0.6) is 0 Å². The van der Waals surface area contributed by atoms with E-state index in [1.807, 2.05) is 0 Å². The lowest BCUT2D eigenvalue weighted by Gasteiger charge is -2.08. The van der Waals surface area contributed by atoms with E-state index in [0.29, 0.717) is 0 Å². The van der Waals surface area contributed by atoms with Crippen LogP contribution in [0.2, 0.25) is 0 Å². The second-order valence-corrected chi connectivity index (χ2v) is 4.93. The van der Waals surface area contributed by atoms with E-state index in [1.54, 1.807) is 0 Å². The van der Waals surface area contributed by atoms with Crippen LogP contribution in [0.25, 0.3) is 0 Å². The van der Waals surface area contributed by atoms with E-state index in [-0.39, 0.29) is 30.1 Å². The topological polar surface area (TPSA) is 78.2 Å². The Morgan fingerprint density at radius 2 is 2.08 bits per heavy atom.